The summed E-state index contributed by atoms with van der Waals surface area (Å²) in [4.78, 5) is 12.3. The van der Waals surface area contributed by atoms with Crippen LogP contribution in [0.2, 0.25) is 0 Å². The van der Waals surface area contributed by atoms with Crippen molar-refractivity contribution in [3.8, 4) is 0 Å². The Morgan fingerprint density at radius 1 is 1.36 bits per heavy atom. The van der Waals surface area contributed by atoms with Crippen molar-refractivity contribution in [2.45, 2.75) is 53.6 Å². The van der Waals surface area contributed by atoms with Gasteiger partial charge in [-0.25, -0.2) is 4.79 Å². The quantitative estimate of drug-likeness (QED) is 0.431. The smallest absolute Gasteiger partial charge is 0.331 e. The third-order valence-electron chi connectivity index (χ3n) is 6.62. The first kappa shape index (κ1) is 17.7. The predicted molar refractivity (Wildman–Crippen MR) is 94.2 cm³/mol. The third-order valence-corrected chi connectivity index (χ3v) is 6.62. The molecule has 1 saturated carbocycles. The van der Waals surface area contributed by atoms with E-state index in [0.717, 1.165) is 12.8 Å². The Morgan fingerprint density at radius 3 is 2.84 bits per heavy atom. The number of hydrogen-bond acceptors (Lipinski definition) is 4. The molecule has 3 atom stereocenters. The van der Waals surface area contributed by atoms with E-state index in [4.69, 9.17) is 14.2 Å². The Kier molecular flexibility index (Phi) is 4.45. The highest BCUT2D eigenvalue weighted by atomic mass is 16.7. The summed E-state index contributed by atoms with van der Waals surface area (Å²) >= 11 is 0. The van der Waals surface area contributed by atoms with Crippen LogP contribution >= 0.6 is 0 Å². The molecule has 0 radical (unpaired) electrons. The number of hydrogen-bond donors (Lipinski definition) is 0. The van der Waals surface area contributed by atoms with Crippen LogP contribution in [0.3, 0.4) is 0 Å². The molecule has 0 amide bonds. The van der Waals surface area contributed by atoms with Gasteiger partial charge < -0.3 is 14.2 Å². The molecule has 1 saturated heterocycles. The number of carbonyl (C=O) groups is 1. The zero-order valence-corrected chi connectivity index (χ0v) is 15.6. The van der Waals surface area contributed by atoms with Crippen LogP contribution in [-0.4, -0.2) is 18.9 Å². The molecule has 0 N–H and O–H groups in total. The molecule has 0 bridgehead atoms. The number of carbonyl (C=O) groups excluding carboxylic acids is 1. The highest BCUT2D eigenvalue weighted by Crippen LogP contribution is 2.58. The van der Waals surface area contributed by atoms with Crippen LogP contribution in [0, 0.1) is 16.7 Å². The molecular formula is C21H26O4. The Morgan fingerprint density at radius 2 is 2.12 bits per heavy atom. The zero-order valence-electron chi connectivity index (χ0n) is 15.6. The molecule has 1 heterocycles. The van der Waals surface area contributed by atoms with E-state index < -0.39 is 0 Å². The van der Waals surface area contributed by atoms with Crippen molar-refractivity contribution in [3.05, 3.63) is 46.8 Å². The van der Waals surface area contributed by atoms with Crippen molar-refractivity contribution in [1.82, 2.24) is 0 Å². The summed E-state index contributed by atoms with van der Waals surface area (Å²) in [6.45, 7) is 11.4. The van der Waals surface area contributed by atoms with Crippen molar-refractivity contribution in [2.75, 3.05) is 6.79 Å². The summed E-state index contributed by atoms with van der Waals surface area (Å²) in [5, 5.41) is 0. The van der Waals surface area contributed by atoms with E-state index in [0.29, 0.717) is 23.0 Å². The van der Waals surface area contributed by atoms with Gasteiger partial charge in [-0.05, 0) is 36.0 Å². The molecule has 1 aliphatic heterocycles. The molecule has 2 fully saturated rings. The maximum Gasteiger partial charge on any atom is 0.331 e. The maximum atomic E-state index is 12.3. The van der Waals surface area contributed by atoms with Crippen LogP contribution in [0.15, 0.2) is 46.8 Å². The first-order chi connectivity index (χ1) is 11.8. The number of fused-ring (bicyclic) bond motifs is 1. The zero-order chi connectivity index (χ0) is 18.2. The standard InChI is InChI=1S/C21H26O4/c1-6-21(5)18(11-14(2)20(21,3)4)25-19(22)10-8-15-7-9-16-17(12-15)24-13-23-16/h8,10,12,14,18H,6,11,13H2,1-5H3/b10-8+. The van der Waals surface area contributed by atoms with Crippen molar-refractivity contribution in [3.63, 3.8) is 0 Å². The maximum absolute atomic E-state index is 12.3. The van der Waals surface area contributed by atoms with Gasteiger partial charge in [0.2, 0.25) is 12.6 Å². The molecule has 25 heavy (non-hydrogen) atoms. The molecule has 0 aromatic heterocycles. The normalized spacial score (nSPS) is 32.4. The SMILES string of the molecule is CCC1(C)C(OC(=O)/C=C/C2=C=C=C3OCOC3=C2)CC(C)C1(C)C. The van der Waals surface area contributed by atoms with Gasteiger partial charge in [0, 0.05) is 23.1 Å². The summed E-state index contributed by atoms with van der Waals surface area (Å²) in [6.07, 6.45) is 6.73. The Bertz CT molecular complexity index is 742. The van der Waals surface area contributed by atoms with E-state index >= 15 is 0 Å². The van der Waals surface area contributed by atoms with Crippen molar-refractivity contribution < 1.29 is 19.0 Å². The van der Waals surface area contributed by atoms with Crippen molar-refractivity contribution >= 4 is 5.97 Å². The molecule has 4 nitrogen and oxygen atoms in total. The van der Waals surface area contributed by atoms with E-state index in [-0.39, 0.29) is 29.7 Å². The van der Waals surface area contributed by atoms with E-state index in [1.165, 1.54) is 6.08 Å². The molecule has 0 spiro atoms. The molecule has 3 aliphatic rings. The van der Waals surface area contributed by atoms with Gasteiger partial charge in [0.05, 0.1) is 0 Å². The lowest BCUT2D eigenvalue weighted by atomic mass is 9.64. The van der Waals surface area contributed by atoms with Gasteiger partial charge >= 0.3 is 5.97 Å². The minimum absolute atomic E-state index is 0.0193. The van der Waals surface area contributed by atoms with Gasteiger partial charge in [0.1, 0.15) is 6.10 Å². The lowest BCUT2D eigenvalue weighted by molar-refractivity contribution is -0.150. The lowest BCUT2D eigenvalue weighted by Crippen LogP contribution is -2.40. The molecule has 0 aromatic rings. The van der Waals surface area contributed by atoms with Gasteiger partial charge in [-0.15, -0.1) is 0 Å². The first-order valence-electron chi connectivity index (χ1n) is 8.90. The molecular weight excluding hydrogens is 316 g/mol. The molecule has 134 valence electrons. The predicted octanol–water partition coefficient (Wildman–Crippen LogP) is 4.40. The van der Waals surface area contributed by atoms with E-state index in [1.54, 1.807) is 12.2 Å². The highest BCUT2D eigenvalue weighted by molar-refractivity contribution is 5.83. The molecule has 0 aromatic carbocycles. The van der Waals surface area contributed by atoms with Gasteiger partial charge in [0.25, 0.3) is 0 Å². The van der Waals surface area contributed by atoms with E-state index in [1.807, 2.05) is 0 Å². The fraction of sp³-hybridized carbons (Fsp3) is 0.571. The number of rotatable bonds is 4. The van der Waals surface area contributed by atoms with Crippen LogP contribution in [-0.2, 0) is 19.0 Å². The Hall–Kier alpha value is -2.15. The topological polar surface area (TPSA) is 44.8 Å². The summed E-state index contributed by atoms with van der Waals surface area (Å²) in [7, 11) is 0. The summed E-state index contributed by atoms with van der Waals surface area (Å²) in [5.41, 5.74) is 6.64. The summed E-state index contributed by atoms with van der Waals surface area (Å²) in [6, 6.07) is 0. The van der Waals surface area contributed by atoms with Crippen LogP contribution in [0.1, 0.15) is 47.5 Å². The van der Waals surface area contributed by atoms with E-state index in [2.05, 4.69) is 46.1 Å². The molecule has 2 aliphatic carbocycles. The fourth-order valence-corrected chi connectivity index (χ4v) is 3.94. The van der Waals surface area contributed by atoms with Crippen LogP contribution < -0.4 is 0 Å². The van der Waals surface area contributed by atoms with Gasteiger partial charge in [-0.1, -0.05) is 40.3 Å². The molecule has 4 heteroatoms. The minimum Gasteiger partial charge on any atom is -0.459 e. The number of allylic oxidation sites excluding steroid dienone is 3. The van der Waals surface area contributed by atoms with E-state index in [9.17, 15) is 4.79 Å². The van der Waals surface area contributed by atoms with Gasteiger partial charge in [0.15, 0.2) is 5.76 Å². The second kappa shape index (κ2) is 6.29. The second-order valence-electron chi connectivity index (χ2n) is 7.84. The van der Waals surface area contributed by atoms with Gasteiger partial charge in [-0.2, -0.15) is 0 Å². The number of ether oxygens (including phenoxy) is 3. The molecule has 3 unspecified atom stereocenters. The van der Waals surface area contributed by atoms with Crippen LogP contribution in [0.4, 0.5) is 0 Å². The second-order valence-corrected chi connectivity index (χ2v) is 7.84. The summed E-state index contributed by atoms with van der Waals surface area (Å²) in [5.74, 6) is 1.37. The highest BCUT2D eigenvalue weighted by Gasteiger charge is 2.56. The Labute approximate surface area is 149 Å². The Balaban J connectivity index is 1.70. The first-order valence-corrected chi connectivity index (χ1v) is 8.90. The largest absolute Gasteiger partial charge is 0.459 e. The van der Waals surface area contributed by atoms with Crippen molar-refractivity contribution in [1.29, 1.82) is 0 Å². The van der Waals surface area contributed by atoms with Crippen LogP contribution in [0.5, 0.6) is 0 Å². The van der Waals surface area contributed by atoms with Gasteiger partial charge in [-0.3, -0.25) is 0 Å². The minimum atomic E-state index is -0.319. The summed E-state index contributed by atoms with van der Waals surface area (Å²) < 4.78 is 16.3. The molecule has 3 rings (SSSR count). The monoisotopic (exact) mass is 342 g/mol. The lowest BCUT2D eigenvalue weighted by Gasteiger charge is -2.42. The van der Waals surface area contributed by atoms with Crippen LogP contribution in [0.25, 0.3) is 0 Å². The fourth-order valence-electron chi connectivity index (χ4n) is 3.94. The average molecular weight is 342 g/mol. The number of esters is 1. The van der Waals surface area contributed by atoms with Crippen molar-refractivity contribution in [2.24, 2.45) is 16.7 Å². The third kappa shape index (κ3) is 2.97. The average Bonchev–Trinajstić information content (AvgIpc) is 3.11.